The summed E-state index contributed by atoms with van der Waals surface area (Å²) in [5, 5.41) is 0.669. The number of allylic oxidation sites excluding steroid dienone is 1. The van der Waals surface area contributed by atoms with Gasteiger partial charge in [-0.1, -0.05) is 24.2 Å². The van der Waals surface area contributed by atoms with Gasteiger partial charge >= 0.3 is 0 Å². The first-order valence-electron chi connectivity index (χ1n) is 7.50. The van der Waals surface area contributed by atoms with Crippen LogP contribution in [0.25, 0.3) is 0 Å². The Kier molecular flexibility index (Phi) is 3.46. The van der Waals surface area contributed by atoms with Crippen LogP contribution in [-0.2, 0) is 0 Å². The van der Waals surface area contributed by atoms with Gasteiger partial charge < -0.3 is 4.90 Å². The van der Waals surface area contributed by atoms with Crippen LogP contribution in [-0.4, -0.2) is 28.8 Å². The van der Waals surface area contributed by atoms with E-state index in [1.807, 2.05) is 24.3 Å². The highest BCUT2D eigenvalue weighted by Crippen LogP contribution is 2.36. The number of hydrogen-bond donors (Lipinski definition) is 0. The second-order valence-electron chi connectivity index (χ2n) is 5.58. The Hall–Kier alpha value is -2.46. The Balaban J connectivity index is 1.65. The first kappa shape index (κ1) is 14.2. The van der Waals surface area contributed by atoms with Gasteiger partial charge in [0.2, 0.25) is 0 Å². The largest absolute Gasteiger partial charge is 0.364 e. The minimum Gasteiger partial charge on any atom is -0.364 e. The zero-order valence-corrected chi connectivity index (χ0v) is 13.3. The lowest BCUT2D eigenvalue weighted by Gasteiger charge is -2.30. The van der Waals surface area contributed by atoms with Gasteiger partial charge in [0.1, 0.15) is 0 Å². The molecular weight excluding hydrogens is 308 g/mol. The lowest BCUT2D eigenvalue weighted by atomic mass is 9.96. The zero-order chi connectivity index (χ0) is 15.8. The minimum atomic E-state index is 0.669. The van der Waals surface area contributed by atoms with E-state index in [9.17, 15) is 0 Å². The number of aromatic nitrogens is 2. The Morgan fingerprint density at radius 3 is 2.87 bits per heavy atom. The van der Waals surface area contributed by atoms with E-state index in [0.29, 0.717) is 5.02 Å². The summed E-state index contributed by atoms with van der Waals surface area (Å²) >= 11 is 6.27. The number of hydrogen-bond acceptors (Lipinski definition) is 4. The Morgan fingerprint density at radius 2 is 2.09 bits per heavy atom. The van der Waals surface area contributed by atoms with Crippen molar-refractivity contribution >= 4 is 23.0 Å². The Morgan fingerprint density at radius 1 is 1.17 bits per heavy atom. The lowest BCUT2D eigenvalue weighted by Crippen LogP contribution is -2.31. The van der Waals surface area contributed by atoms with Crippen LogP contribution in [0.3, 0.4) is 0 Å². The molecule has 0 aliphatic carbocycles. The normalized spacial score (nSPS) is 17.3. The maximum Gasteiger partial charge on any atom is 0.0960 e. The summed E-state index contributed by atoms with van der Waals surface area (Å²) in [7, 11) is 0. The summed E-state index contributed by atoms with van der Waals surface area (Å²) in [6.45, 7) is 5.85. The van der Waals surface area contributed by atoms with Crippen molar-refractivity contribution in [2.75, 3.05) is 18.0 Å². The monoisotopic (exact) mass is 322 g/mol. The van der Waals surface area contributed by atoms with E-state index < -0.39 is 0 Å². The van der Waals surface area contributed by atoms with Crippen LogP contribution in [0, 0.1) is 0 Å². The van der Waals surface area contributed by atoms with Gasteiger partial charge in [0.25, 0.3) is 0 Å². The molecule has 2 aromatic rings. The number of aliphatic imine (C=N–C) groups is 1. The molecule has 114 valence electrons. The second-order valence-corrected chi connectivity index (χ2v) is 5.99. The van der Waals surface area contributed by atoms with Crippen molar-refractivity contribution in [3.63, 3.8) is 0 Å². The van der Waals surface area contributed by atoms with Gasteiger partial charge in [0.15, 0.2) is 0 Å². The molecule has 0 fully saturated rings. The third kappa shape index (κ3) is 2.45. The van der Waals surface area contributed by atoms with Crippen molar-refractivity contribution in [3.05, 3.63) is 77.0 Å². The number of halogens is 1. The van der Waals surface area contributed by atoms with Gasteiger partial charge in [0.05, 0.1) is 34.4 Å². The standard InChI is InChI=1S/C18H15ClN4/c1-12-13-6-9-23(17-5-8-20-10-14(17)19)11-16(13)22-18(12)15-4-2-3-7-21-15/h2-5,7-8,10H,1,6,9,11H2. The Bertz CT molecular complexity index is 839. The van der Waals surface area contributed by atoms with Crippen molar-refractivity contribution in [1.29, 1.82) is 0 Å². The highest BCUT2D eigenvalue weighted by Gasteiger charge is 2.29. The predicted molar refractivity (Wildman–Crippen MR) is 93.0 cm³/mol. The molecule has 0 saturated carbocycles. The molecule has 5 heteroatoms. The van der Waals surface area contributed by atoms with Crippen LogP contribution >= 0.6 is 11.6 Å². The fourth-order valence-electron chi connectivity index (χ4n) is 3.06. The summed E-state index contributed by atoms with van der Waals surface area (Å²) < 4.78 is 0. The van der Waals surface area contributed by atoms with Gasteiger partial charge in [0, 0.05) is 30.7 Å². The summed E-state index contributed by atoms with van der Waals surface area (Å²) in [4.78, 5) is 15.5. The maximum atomic E-state index is 6.27. The van der Waals surface area contributed by atoms with Crippen molar-refractivity contribution in [3.8, 4) is 0 Å². The quantitative estimate of drug-likeness (QED) is 0.847. The zero-order valence-electron chi connectivity index (χ0n) is 12.5. The van der Waals surface area contributed by atoms with Crippen molar-refractivity contribution in [2.45, 2.75) is 6.42 Å². The molecule has 4 heterocycles. The van der Waals surface area contributed by atoms with Crippen LogP contribution < -0.4 is 4.90 Å². The molecule has 23 heavy (non-hydrogen) atoms. The van der Waals surface area contributed by atoms with Crippen LogP contribution in [0.2, 0.25) is 5.02 Å². The third-order valence-corrected chi connectivity index (χ3v) is 4.51. The lowest BCUT2D eigenvalue weighted by molar-refractivity contribution is 0.767. The molecule has 0 saturated heterocycles. The van der Waals surface area contributed by atoms with Crippen LogP contribution in [0.15, 0.2) is 71.3 Å². The molecule has 0 unspecified atom stereocenters. The molecule has 0 spiro atoms. The van der Waals surface area contributed by atoms with Crippen LogP contribution in [0.1, 0.15) is 12.1 Å². The van der Waals surface area contributed by atoms with E-state index in [1.54, 1.807) is 18.6 Å². The summed E-state index contributed by atoms with van der Waals surface area (Å²) in [5.74, 6) is 0. The highest BCUT2D eigenvalue weighted by atomic mass is 35.5. The van der Waals surface area contributed by atoms with E-state index in [0.717, 1.165) is 47.9 Å². The maximum absolute atomic E-state index is 6.27. The fourth-order valence-corrected chi connectivity index (χ4v) is 3.30. The molecule has 0 bridgehead atoms. The summed E-state index contributed by atoms with van der Waals surface area (Å²) in [6.07, 6.45) is 6.14. The SMILES string of the molecule is C=C1C(c2ccccn2)=NC2=C1CCN(c1ccncc1Cl)C2. The average Bonchev–Trinajstić information content (AvgIpc) is 2.92. The molecule has 4 rings (SSSR count). The molecule has 2 aromatic heterocycles. The van der Waals surface area contributed by atoms with Gasteiger partial charge in [-0.2, -0.15) is 0 Å². The van der Waals surface area contributed by atoms with E-state index in [2.05, 4.69) is 21.4 Å². The van der Waals surface area contributed by atoms with Crippen molar-refractivity contribution in [1.82, 2.24) is 9.97 Å². The van der Waals surface area contributed by atoms with E-state index in [-0.39, 0.29) is 0 Å². The second kappa shape index (κ2) is 5.63. The summed E-state index contributed by atoms with van der Waals surface area (Å²) in [6, 6.07) is 7.79. The van der Waals surface area contributed by atoms with Crippen molar-refractivity contribution < 1.29 is 0 Å². The molecule has 2 aliphatic rings. The molecule has 0 radical (unpaired) electrons. The fraction of sp³-hybridized carbons (Fsp3) is 0.167. The first-order chi connectivity index (χ1) is 11.2. The average molecular weight is 323 g/mol. The number of rotatable bonds is 2. The van der Waals surface area contributed by atoms with Gasteiger partial charge in [-0.05, 0) is 30.2 Å². The Labute approximate surface area is 139 Å². The van der Waals surface area contributed by atoms with E-state index >= 15 is 0 Å². The molecular formula is C18H15ClN4. The minimum absolute atomic E-state index is 0.669. The number of anilines is 1. The smallest absolute Gasteiger partial charge is 0.0960 e. The summed E-state index contributed by atoms with van der Waals surface area (Å²) in [5.41, 5.74) is 6.07. The first-order valence-corrected chi connectivity index (χ1v) is 7.88. The molecule has 2 aliphatic heterocycles. The molecule has 0 aromatic carbocycles. The van der Waals surface area contributed by atoms with Crippen LogP contribution in [0.5, 0.6) is 0 Å². The highest BCUT2D eigenvalue weighted by molar-refractivity contribution is 6.33. The third-order valence-electron chi connectivity index (χ3n) is 4.22. The predicted octanol–water partition coefficient (Wildman–Crippen LogP) is 3.65. The molecule has 0 atom stereocenters. The topological polar surface area (TPSA) is 41.4 Å². The number of pyridine rings is 2. The molecule has 4 nitrogen and oxygen atoms in total. The van der Waals surface area contributed by atoms with E-state index in [4.69, 9.17) is 16.6 Å². The van der Waals surface area contributed by atoms with Gasteiger partial charge in [-0.15, -0.1) is 0 Å². The van der Waals surface area contributed by atoms with Crippen LogP contribution in [0.4, 0.5) is 5.69 Å². The number of nitrogens with zero attached hydrogens (tertiary/aromatic N) is 4. The van der Waals surface area contributed by atoms with Crippen molar-refractivity contribution in [2.24, 2.45) is 4.99 Å². The molecule has 0 N–H and O–H groups in total. The van der Waals surface area contributed by atoms with Gasteiger partial charge in [-0.25, -0.2) is 4.99 Å². The molecule has 0 amide bonds. The van der Waals surface area contributed by atoms with Gasteiger partial charge in [-0.3, -0.25) is 9.97 Å². The van der Waals surface area contributed by atoms with E-state index in [1.165, 1.54) is 5.57 Å².